The molecule has 1 aliphatic rings. The van der Waals surface area contributed by atoms with E-state index in [0.29, 0.717) is 6.04 Å². The average Bonchev–Trinajstić information content (AvgIpc) is 3.16. The summed E-state index contributed by atoms with van der Waals surface area (Å²) in [5.74, 6) is 1.74. The van der Waals surface area contributed by atoms with Crippen LogP contribution in [0.2, 0.25) is 0 Å². The molecule has 2 aromatic heterocycles. The Morgan fingerprint density at radius 3 is 2.95 bits per heavy atom. The van der Waals surface area contributed by atoms with Crippen molar-refractivity contribution < 1.29 is 0 Å². The van der Waals surface area contributed by atoms with Crippen molar-refractivity contribution in [1.82, 2.24) is 9.97 Å². The lowest BCUT2D eigenvalue weighted by atomic mass is 10.1. The van der Waals surface area contributed by atoms with Gasteiger partial charge in [0, 0.05) is 33.3 Å². The van der Waals surface area contributed by atoms with Gasteiger partial charge in [0.05, 0.1) is 0 Å². The van der Waals surface area contributed by atoms with Gasteiger partial charge < -0.3 is 5.32 Å². The first-order valence-corrected chi connectivity index (χ1v) is 7.34. The molecule has 2 heterocycles. The van der Waals surface area contributed by atoms with Crippen LogP contribution in [-0.4, -0.2) is 16.0 Å². The molecule has 4 heteroatoms. The van der Waals surface area contributed by atoms with E-state index in [0.717, 1.165) is 17.2 Å². The van der Waals surface area contributed by atoms with E-state index in [9.17, 15) is 0 Å². The molecule has 19 heavy (non-hydrogen) atoms. The van der Waals surface area contributed by atoms with Crippen LogP contribution in [-0.2, 0) is 0 Å². The van der Waals surface area contributed by atoms with E-state index < -0.39 is 0 Å². The minimum atomic E-state index is 0.613. The molecule has 0 unspecified atom stereocenters. The molecule has 0 saturated heterocycles. The Labute approximate surface area is 115 Å². The monoisotopic (exact) mass is 267 g/mol. The van der Waals surface area contributed by atoms with Crippen molar-refractivity contribution in [2.24, 2.45) is 0 Å². The molecule has 3 aromatic rings. The molecule has 1 saturated carbocycles. The van der Waals surface area contributed by atoms with Gasteiger partial charge in [-0.25, -0.2) is 9.97 Å². The lowest BCUT2D eigenvalue weighted by molar-refractivity contribution is 1.09. The van der Waals surface area contributed by atoms with Crippen molar-refractivity contribution in [3.8, 4) is 11.4 Å². The standard InChI is InChI=1S/C15H13N3S/c1-2-4-13-11(3-1)12(9-19-13)15-16-8-7-14(18-15)17-10-5-6-10/h1-4,7-10H,5-6H2,(H,16,17,18). The molecule has 1 N–H and O–H groups in total. The smallest absolute Gasteiger partial charge is 0.162 e. The van der Waals surface area contributed by atoms with Crippen LogP contribution >= 0.6 is 11.3 Å². The molecular weight excluding hydrogens is 254 g/mol. The summed E-state index contributed by atoms with van der Waals surface area (Å²) in [6.07, 6.45) is 4.33. The Kier molecular flexibility index (Phi) is 2.48. The maximum Gasteiger partial charge on any atom is 0.162 e. The summed E-state index contributed by atoms with van der Waals surface area (Å²) in [4.78, 5) is 9.05. The molecule has 0 aliphatic heterocycles. The molecule has 1 aromatic carbocycles. The van der Waals surface area contributed by atoms with E-state index in [2.05, 4.69) is 44.9 Å². The zero-order chi connectivity index (χ0) is 12.7. The number of hydrogen-bond donors (Lipinski definition) is 1. The summed E-state index contributed by atoms with van der Waals surface area (Å²) >= 11 is 1.74. The first-order chi connectivity index (χ1) is 9.40. The number of thiophene rings is 1. The highest BCUT2D eigenvalue weighted by Gasteiger charge is 2.21. The minimum Gasteiger partial charge on any atom is -0.367 e. The van der Waals surface area contributed by atoms with Crippen molar-refractivity contribution in [3.05, 3.63) is 41.9 Å². The minimum absolute atomic E-state index is 0.613. The first kappa shape index (κ1) is 10.9. The summed E-state index contributed by atoms with van der Waals surface area (Å²) in [5, 5.41) is 6.79. The van der Waals surface area contributed by atoms with Crippen LogP contribution in [0.1, 0.15) is 12.8 Å². The van der Waals surface area contributed by atoms with Gasteiger partial charge in [0.2, 0.25) is 0 Å². The second-order valence-corrected chi connectivity index (χ2v) is 5.74. The van der Waals surface area contributed by atoms with Gasteiger partial charge in [-0.2, -0.15) is 0 Å². The number of aromatic nitrogens is 2. The molecular formula is C15H13N3S. The summed E-state index contributed by atoms with van der Waals surface area (Å²) < 4.78 is 1.28. The molecule has 4 rings (SSSR count). The fourth-order valence-electron chi connectivity index (χ4n) is 2.16. The van der Waals surface area contributed by atoms with Gasteiger partial charge in [-0.3, -0.25) is 0 Å². The molecule has 0 radical (unpaired) electrons. The van der Waals surface area contributed by atoms with Crippen molar-refractivity contribution in [2.45, 2.75) is 18.9 Å². The number of nitrogens with one attached hydrogen (secondary N) is 1. The lowest BCUT2D eigenvalue weighted by Crippen LogP contribution is -2.03. The summed E-state index contributed by atoms with van der Waals surface area (Å²) in [6.45, 7) is 0. The van der Waals surface area contributed by atoms with Crippen LogP contribution in [0.4, 0.5) is 5.82 Å². The summed E-state index contributed by atoms with van der Waals surface area (Å²) in [7, 11) is 0. The molecule has 0 atom stereocenters. The van der Waals surface area contributed by atoms with E-state index in [1.54, 1.807) is 11.3 Å². The van der Waals surface area contributed by atoms with Crippen molar-refractivity contribution >= 4 is 27.2 Å². The SMILES string of the molecule is c1ccc2c(-c3nccc(NC4CC4)n3)csc2c1. The number of nitrogens with zero attached hydrogens (tertiary/aromatic N) is 2. The van der Waals surface area contributed by atoms with Gasteiger partial charge in [-0.15, -0.1) is 11.3 Å². The molecule has 94 valence electrons. The number of rotatable bonds is 3. The Bertz CT molecular complexity index is 731. The van der Waals surface area contributed by atoms with Gasteiger partial charge in [-0.05, 0) is 25.0 Å². The Balaban J connectivity index is 1.78. The third-order valence-corrected chi connectivity index (χ3v) is 4.27. The van der Waals surface area contributed by atoms with E-state index in [1.807, 2.05) is 12.3 Å². The van der Waals surface area contributed by atoms with Crippen LogP contribution in [0.5, 0.6) is 0 Å². The molecule has 0 amide bonds. The average molecular weight is 267 g/mol. The molecule has 0 bridgehead atoms. The zero-order valence-electron chi connectivity index (χ0n) is 10.3. The van der Waals surface area contributed by atoms with Crippen LogP contribution < -0.4 is 5.32 Å². The topological polar surface area (TPSA) is 37.8 Å². The Hall–Kier alpha value is -1.94. The van der Waals surface area contributed by atoms with Gasteiger partial charge in [0.1, 0.15) is 5.82 Å². The number of hydrogen-bond acceptors (Lipinski definition) is 4. The normalized spacial score (nSPS) is 14.7. The van der Waals surface area contributed by atoms with E-state index in [4.69, 9.17) is 0 Å². The van der Waals surface area contributed by atoms with Crippen LogP contribution in [0.15, 0.2) is 41.9 Å². The third-order valence-electron chi connectivity index (χ3n) is 3.31. The van der Waals surface area contributed by atoms with E-state index in [1.165, 1.54) is 22.9 Å². The zero-order valence-corrected chi connectivity index (χ0v) is 11.2. The fraction of sp³-hybridized carbons (Fsp3) is 0.200. The molecule has 0 spiro atoms. The number of benzene rings is 1. The van der Waals surface area contributed by atoms with Gasteiger partial charge >= 0.3 is 0 Å². The van der Waals surface area contributed by atoms with Crippen molar-refractivity contribution in [2.75, 3.05) is 5.32 Å². The second kappa shape index (κ2) is 4.31. The first-order valence-electron chi connectivity index (χ1n) is 6.46. The summed E-state index contributed by atoms with van der Waals surface area (Å²) in [5.41, 5.74) is 1.13. The molecule has 1 fully saturated rings. The highest BCUT2D eigenvalue weighted by molar-refractivity contribution is 7.17. The summed E-state index contributed by atoms with van der Waals surface area (Å²) in [6, 6.07) is 10.9. The van der Waals surface area contributed by atoms with Gasteiger partial charge in [-0.1, -0.05) is 18.2 Å². The maximum atomic E-state index is 4.63. The van der Waals surface area contributed by atoms with Crippen LogP contribution in [0.25, 0.3) is 21.5 Å². The lowest BCUT2D eigenvalue weighted by Gasteiger charge is -2.04. The quantitative estimate of drug-likeness (QED) is 0.781. The largest absolute Gasteiger partial charge is 0.367 e. The van der Waals surface area contributed by atoms with Crippen LogP contribution in [0, 0.1) is 0 Å². The van der Waals surface area contributed by atoms with E-state index >= 15 is 0 Å². The molecule has 1 aliphatic carbocycles. The maximum absolute atomic E-state index is 4.63. The Morgan fingerprint density at radius 2 is 2.05 bits per heavy atom. The Morgan fingerprint density at radius 1 is 1.16 bits per heavy atom. The highest BCUT2D eigenvalue weighted by Crippen LogP contribution is 2.32. The fourth-order valence-corrected chi connectivity index (χ4v) is 3.10. The van der Waals surface area contributed by atoms with Gasteiger partial charge in [0.15, 0.2) is 5.82 Å². The van der Waals surface area contributed by atoms with Gasteiger partial charge in [0.25, 0.3) is 0 Å². The third kappa shape index (κ3) is 2.08. The highest BCUT2D eigenvalue weighted by atomic mass is 32.1. The predicted octanol–water partition coefficient (Wildman–Crippen LogP) is 3.93. The molecule has 3 nitrogen and oxygen atoms in total. The number of anilines is 1. The predicted molar refractivity (Wildman–Crippen MR) is 79.5 cm³/mol. The van der Waals surface area contributed by atoms with Crippen molar-refractivity contribution in [1.29, 1.82) is 0 Å². The van der Waals surface area contributed by atoms with Crippen LogP contribution in [0.3, 0.4) is 0 Å². The second-order valence-electron chi connectivity index (χ2n) is 4.83. The number of fused-ring (bicyclic) bond motifs is 1. The van der Waals surface area contributed by atoms with E-state index in [-0.39, 0.29) is 0 Å². The van der Waals surface area contributed by atoms with Crippen molar-refractivity contribution in [3.63, 3.8) is 0 Å².